The van der Waals surface area contributed by atoms with Gasteiger partial charge in [0.15, 0.2) is 0 Å². The number of halogens is 1. The Morgan fingerprint density at radius 1 is 1.17 bits per heavy atom. The Kier molecular flexibility index (Phi) is 6.21. The van der Waals surface area contributed by atoms with Crippen molar-refractivity contribution in [1.82, 2.24) is 10.2 Å². The van der Waals surface area contributed by atoms with Crippen LogP contribution in [0.3, 0.4) is 0 Å². The number of nitrogens with one attached hydrogen (secondary N) is 1. The fourth-order valence-electron chi connectivity index (χ4n) is 4.78. The van der Waals surface area contributed by atoms with E-state index in [4.69, 9.17) is 5.73 Å². The van der Waals surface area contributed by atoms with Crippen LogP contribution in [-0.2, 0) is 11.2 Å². The Morgan fingerprint density at radius 3 is 2.47 bits per heavy atom. The van der Waals surface area contributed by atoms with Crippen molar-refractivity contribution in [1.29, 1.82) is 0 Å². The fraction of sp³-hybridized carbons (Fsp3) is 0.480. The Bertz CT molecular complexity index is 844. The van der Waals surface area contributed by atoms with E-state index in [2.05, 4.69) is 35.6 Å². The van der Waals surface area contributed by atoms with E-state index < -0.39 is 6.04 Å². The van der Waals surface area contributed by atoms with Crippen LogP contribution in [0.1, 0.15) is 43.2 Å². The van der Waals surface area contributed by atoms with Crippen LogP contribution in [-0.4, -0.2) is 42.5 Å². The Balaban J connectivity index is 1.42. The third-order valence-electron chi connectivity index (χ3n) is 6.78. The largest absolute Gasteiger partial charge is 0.341 e. The standard InChI is InChI=1S/C25H32FN3O/c1-18(27)24(30)29-13-11-25(12-14-29,16-19-7-9-21(26)10-8-19)17-28-23-15-22(23)20-5-3-2-4-6-20/h2-10,18,22-23,28H,11-17,27H2,1H3/t18-,22?,23+/m0/s1. The van der Waals surface area contributed by atoms with E-state index in [1.165, 1.54) is 24.1 Å². The van der Waals surface area contributed by atoms with Crippen LogP contribution in [0.15, 0.2) is 54.6 Å². The smallest absolute Gasteiger partial charge is 0.239 e. The van der Waals surface area contributed by atoms with E-state index in [1.54, 1.807) is 6.92 Å². The van der Waals surface area contributed by atoms with Crippen molar-refractivity contribution in [2.75, 3.05) is 19.6 Å². The van der Waals surface area contributed by atoms with Gasteiger partial charge in [0.25, 0.3) is 0 Å². The number of carbonyl (C=O) groups is 1. The summed E-state index contributed by atoms with van der Waals surface area (Å²) in [6, 6.07) is 17.6. The predicted octanol–water partition coefficient (Wildman–Crippen LogP) is 3.47. The molecule has 3 atom stereocenters. The topological polar surface area (TPSA) is 58.4 Å². The van der Waals surface area contributed by atoms with Gasteiger partial charge in [0.2, 0.25) is 5.91 Å². The molecule has 2 aromatic rings. The molecule has 1 aliphatic carbocycles. The Morgan fingerprint density at radius 2 is 1.83 bits per heavy atom. The zero-order valence-corrected chi connectivity index (χ0v) is 17.7. The van der Waals surface area contributed by atoms with Gasteiger partial charge in [-0.15, -0.1) is 0 Å². The first-order valence-electron chi connectivity index (χ1n) is 11.0. The van der Waals surface area contributed by atoms with Crippen LogP contribution in [0.4, 0.5) is 4.39 Å². The highest BCUT2D eigenvalue weighted by Gasteiger charge is 2.42. The molecule has 0 bridgehead atoms. The highest BCUT2D eigenvalue weighted by atomic mass is 19.1. The van der Waals surface area contributed by atoms with Gasteiger partial charge in [0.1, 0.15) is 5.82 Å². The summed E-state index contributed by atoms with van der Waals surface area (Å²) in [6.07, 6.45) is 3.92. The number of hydrogen-bond acceptors (Lipinski definition) is 3. The van der Waals surface area contributed by atoms with E-state index >= 15 is 0 Å². The molecule has 4 rings (SSSR count). The molecule has 0 aromatic heterocycles. The number of amides is 1. The van der Waals surface area contributed by atoms with Crippen LogP contribution >= 0.6 is 0 Å². The molecule has 1 heterocycles. The Hall–Kier alpha value is -2.24. The minimum Gasteiger partial charge on any atom is -0.341 e. The van der Waals surface area contributed by atoms with E-state index in [9.17, 15) is 9.18 Å². The molecule has 1 unspecified atom stereocenters. The average molecular weight is 410 g/mol. The average Bonchev–Trinajstić information content (AvgIpc) is 3.55. The summed E-state index contributed by atoms with van der Waals surface area (Å²) >= 11 is 0. The van der Waals surface area contributed by atoms with E-state index in [-0.39, 0.29) is 17.1 Å². The minimum atomic E-state index is -0.453. The Labute approximate surface area is 178 Å². The highest BCUT2D eigenvalue weighted by Crippen LogP contribution is 2.42. The summed E-state index contributed by atoms with van der Waals surface area (Å²) in [5, 5.41) is 3.81. The second-order valence-electron chi connectivity index (χ2n) is 9.16. The van der Waals surface area contributed by atoms with Crippen LogP contribution in [0.2, 0.25) is 0 Å². The molecule has 5 heteroatoms. The van der Waals surface area contributed by atoms with Crippen LogP contribution in [0.5, 0.6) is 0 Å². The summed E-state index contributed by atoms with van der Waals surface area (Å²) in [5.74, 6) is 0.422. The number of rotatable bonds is 7. The van der Waals surface area contributed by atoms with Crippen molar-refractivity contribution in [3.63, 3.8) is 0 Å². The molecule has 0 radical (unpaired) electrons. The first-order valence-corrected chi connectivity index (χ1v) is 11.0. The van der Waals surface area contributed by atoms with Gasteiger partial charge < -0.3 is 16.0 Å². The number of nitrogens with zero attached hydrogens (tertiary/aromatic N) is 1. The van der Waals surface area contributed by atoms with Gasteiger partial charge in [-0.05, 0) is 61.3 Å². The second-order valence-corrected chi connectivity index (χ2v) is 9.16. The predicted molar refractivity (Wildman–Crippen MR) is 118 cm³/mol. The maximum atomic E-state index is 13.4. The molecule has 4 nitrogen and oxygen atoms in total. The van der Waals surface area contributed by atoms with Crippen molar-refractivity contribution in [2.45, 2.75) is 50.6 Å². The lowest BCUT2D eigenvalue weighted by atomic mass is 9.73. The van der Waals surface area contributed by atoms with Crippen molar-refractivity contribution in [3.8, 4) is 0 Å². The maximum absolute atomic E-state index is 13.4. The zero-order valence-electron chi connectivity index (χ0n) is 17.7. The lowest BCUT2D eigenvalue weighted by molar-refractivity contribution is -0.134. The van der Waals surface area contributed by atoms with Gasteiger partial charge in [-0.25, -0.2) is 4.39 Å². The molecule has 1 saturated carbocycles. The molecule has 2 aliphatic rings. The summed E-state index contributed by atoms with van der Waals surface area (Å²) in [6.45, 7) is 4.13. The number of nitrogens with two attached hydrogens (primary N) is 1. The lowest BCUT2D eigenvalue weighted by Gasteiger charge is -2.43. The number of hydrogen-bond donors (Lipinski definition) is 2. The number of benzene rings is 2. The zero-order chi connectivity index (χ0) is 21.1. The van der Waals surface area contributed by atoms with Crippen molar-refractivity contribution >= 4 is 5.91 Å². The molecule has 30 heavy (non-hydrogen) atoms. The minimum absolute atomic E-state index is 0.0321. The van der Waals surface area contributed by atoms with E-state index in [1.807, 2.05) is 17.0 Å². The van der Waals surface area contributed by atoms with Crippen molar-refractivity contribution in [3.05, 3.63) is 71.5 Å². The summed E-state index contributed by atoms with van der Waals surface area (Å²) in [7, 11) is 0. The van der Waals surface area contributed by atoms with Crippen LogP contribution < -0.4 is 11.1 Å². The molecule has 1 aliphatic heterocycles. The van der Waals surface area contributed by atoms with E-state index in [0.717, 1.165) is 44.5 Å². The molecule has 3 N–H and O–H groups in total. The van der Waals surface area contributed by atoms with Gasteiger partial charge in [0, 0.05) is 31.6 Å². The molecule has 1 amide bonds. The SMILES string of the molecule is C[C@H](N)C(=O)N1CCC(CN[C@@H]2CC2c2ccccc2)(Cc2ccc(F)cc2)CC1. The fourth-order valence-corrected chi connectivity index (χ4v) is 4.78. The molecular formula is C25H32FN3O. The number of likely N-dealkylation sites (tertiary alicyclic amines) is 1. The third-order valence-corrected chi connectivity index (χ3v) is 6.78. The van der Waals surface area contributed by atoms with Gasteiger partial charge in [0.05, 0.1) is 6.04 Å². The molecular weight excluding hydrogens is 377 g/mol. The van der Waals surface area contributed by atoms with Gasteiger partial charge in [-0.3, -0.25) is 4.79 Å². The number of piperidine rings is 1. The van der Waals surface area contributed by atoms with Gasteiger partial charge in [-0.2, -0.15) is 0 Å². The maximum Gasteiger partial charge on any atom is 0.239 e. The number of carbonyl (C=O) groups excluding carboxylic acids is 1. The second kappa shape index (κ2) is 8.86. The molecule has 160 valence electrons. The van der Waals surface area contributed by atoms with Crippen molar-refractivity contribution in [2.24, 2.45) is 11.1 Å². The molecule has 2 fully saturated rings. The van der Waals surface area contributed by atoms with E-state index in [0.29, 0.717) is 12.0 Å². The van der Waals surface area contributed by atoms with Crippen molar-refractivity contribution < 1.29 is 9.18 Å². The molecule has 0 spiro atoms. The van der Waals surface area contributed by atoms with Crippen LogP contribution in [0.25, 0.3) is 0 Å². The van der Waals surface area contributed by atoms with Crippen LogP contribution in [0, 0.1) is 11.2 Å². The first-order chi connectivity index (χ1) is 14.5. The van der Waals surface area contributed by atoms with Gasteiger partial charge >= 0.3 is 0 Å². The monoisotopic (exact) mass is 409 g/mol. The molecule has 2 aromatic carbocycles. The molecule has 1 saturated heterocycles. The summed E-state index contributed by atoms with van der Waals surface area (Å²) in [5.41, 5.74) is 8.43. The third kappa shape index (κ3) is 4.90. The lowest BCUT2D eigenvalue weighted by Crippen LogP contribution is -2.51. The summed E-state index contributed by atoms with van der Waals surface area (Å²) < 4.78 is 13.4. The first kappa shape index (κ1) is 21.0. The highest BCUT2D eigenvalue weighted by molar-refractivity contribution is 5.81. The normalized spacial score (nSPS) is 23.8. The summed E-state index contributed by atoms with van der Waals surface area (Å²) in [4.78, 5) is 14.2. The van der Waals surface area contributed by atoms with Gasteiger partial charge in [-0.1, -0.05) is 42.5 Å². The quantitative estimate of drug-likeness (QED) is 0.736.